The van der Waals surface area contributed by atoms with Crippen LogP contribution >= 0.6 is 0 Å². The highest BCUT2D eigenvalue weighted by molar-refractivity contribution is 5.90. The quantitative estimate of drug-likeness (QED) is 0.866. The third-order valence-corrected chi connectivity index (χ3v) is 3.83. The molecule has 2 rings (SSSR count). The van der Waals surface area contributed by atoms with Crippen molar-refractivity contribution in [1.82, 2.24) is 5.32 Å². The molecule has 1 saturated heterocycles. The first-order chi connectivity index (χ1) is 10.1. The Kier molecular flexibility index (Phi) is 5.12. The summed E-state index contributed by atoms with van der Waals surface area (Å²) in [7, 11) is 1.14. The van der Waals surface area contributed by atoms with E-state index in [0.29, 0.717) is 6.54 Å². The van der Waals surface area contributed by atoms with E-state index in [-0.39, 0.29) is 17.3 Å². The average Bonchev–Trinajstić information content (AvgIpc) is 2.52. The van der Waals surface area contributed by atoms with E-state index in [1.807, 2.05) is 11.8 Å². The molecule has 0 bridgehead atoms. The van der Waals surface area contributed by atoms with Crippen molar-refractivity contribution < 1.29 is 18.3 Å². The van der Waals surface area contributed by atoms with Crippen molar-refractivity contribution in [2.45, 2.75) is 25.8 Å². The van der Waals surface area contributed by atoms with E-state index in [4.69, 9.17) is 0 Å². The van der Waals surface area contributed by atoms with E-state index in [9.17, 15) is 13.6 Å². The molecule has 0 aliphatic carbocycles. The van der Waals surface area contributed by atoms with Gasteiger partial charge in [-0.3, -0.25) is 0 Å². The van der Waals surface area contributed by atoms with Crippen molar-refractivity contribution in [3.05, 3.63) is 29.3 Å². The van der Waals surface area contributed by atoms with Gasteiger partial charge in [-0.1, -0.05) is 0 Å². The number of rotatable bonds is 4. The number of carbonyl (C=O) groups is 1. The smallest absolute Gasteiger partial charge is 0.340 e. The summed E-state index contributed by atoms with van der Waals surface area (Å²) < 4.78 is 32.8. The average molecular weight is 298 g/mol. The summed E-state index contributed by atoms with van der Waals surface area (Å²) in [6, 6.07) is 2.85. The molecule has 1 aromatic rings. The molecule has 4 nitrogen and oxygen atoms in total. The van der Waals surface area contributed by atoms with Gasteiger partial charge in [0, 0.05) is 19.1 Å². The van der Waals surface area contributed by atoms with Crippen LogP contribution in [0.2, 0.25) is 0 Å². The van der Waals surface area contributed by atoms with Gasteiger partial charge < -0.3 is 15.0 Å². The van der Waals surface area contributed by atoms with Crippen LogP contribution < -0.4 is 10.2 Å². The van der Waals surface area contributed by atoms with Crippen LogP contribution in [0.25, 0.3) is 0 Å². The van der Waals surface area contributed by atoms with E-state index in [2.05, 4.69) is 10.1 Å². The molecule has 0 saturated carbocycles. The minimum Gasteiger partial charge on any atom is -0.465 e. The molecule has 1 N–H and O–H groups in total. The monoisotopic (exact) mass is 298 g/mol. The van der Waals surface area contributed by atoms with E-state index < -0.39 is 17.6 Å². The second-order valence-electron chi connectivity index (χ2n) is 5.04. The Morgan fingerprint density at radius 2 is 2.19 bits per heavy atom. The van der Waals surface area contributed by atoms with Gasteiger partial charge in [-0.15, -0.1) is 0 Å². The molecule has 1 fully saturated rings. The normalized spacial score (nSPS) is 18.4. The summed E-state index contributed by atoms with van der Waals surface area (Å²) >= 11 is 0. The van der Waals surface area contributed by atoms with Crippen LogP contribution in [-0.2, 0) is 4.74 Å². The number of benzene rings is 1. The molecular formula is C15H20F2N2O2. The summed E-state index contributed by atoms with van der Waals surface area (Å²) in [5.74, 6) is -3.02. The Labute approximate surface area is 123 Å². The van der Waals surface area contributed by atoms with Crippen LogP contribution in [0.3, 0.4) is 0 Å². The molecule has 0 aromatic heterocycles. The van der Waals surface area contributed by atoms with Crippen molar-refractivity contribution in [2.75, 3.05) is 31.6 Å². The fourth-order valence-corrected chi connectivity index (χ4v) is 2.75. The van der Waals surface area contributed by atoms with Gasteiger partial charge in [0.15, 0.2) is 11.6 Å². The highest BCUT2D eigenvalue weighted by Crippen LogP contribution is 2.27. The van der Waals surface area contributed by atoms with E-state index in [1.54, 1.807) is 0 Å². The minimum atomic E-state index is -1.15. The number of esters is 1. The molecular weight excluding hydrogens is 278 g/mol. The molecule has 1 atom stereocenters. The van der Waals surface area contributed by atoms with E-state index >= 15 is 0 Å². The number of halogens is 2. The number of hydrogen-bond acceptors (Lipinski definition) is 4. The molecule has 116 valence electrons. The fraction of sp³-hybridized carbons (Fsp3) is 0.533. The van der Waals surface area contributed by atoms with Crippen LogP contribution in [-0.4, -0.2) is 38.8 Å². The summed E-state index contributed by atoms with van der Waals surface area (Å²) in [5.41, 5.74) is -0.187. The Morgan fingerprint density at radius 3 is 2.76 bits per heavy atom. The van der Waals surface area contributed by atoms with Crippen LogP contribution in [0, 0.1) is 11.6 Å². The number of hydrogen-bond donors (Lipinski definition) is 1. The molecule has 0 spiro atoms. The van der Waals surface area contributed by atoms with Crippen molar-refractivity contribution in [3.63, 3.8) is 0 Å². The molecule has 0 amide bonds. The molecule has 1 unspecified atom stereocenters. The second-order valence-corrected chi connectivity index (χ2v) is 5.04. The predicted molar refractivity (Wildman–Crippen MR) is 76.6 cm³/mol. The molecule has 21 heavy (non-hydrogen) atoms. The van der Waals surface area contributed by atoms with Gasteiger partial charge in [0.05, 0.1) is 18.4 Å². The lowest BCUT2D eigenvalue weighted by Gasteiger charge is -2.36. The van der Waals surface area contributed by atoms with Gasteiger partial charge in [0.25, 0.3) is 0 Å². The highest BCUT2D eigenvalue weighted by atomic mass is 19.2. The van der Waals surface area contributed by atoms with Gasteiger partial charge in [-0.25, -0.2) is 13.6 Å². The maximum atomic E-state index is 14.3. The SMILES string of the molecule is CCN(c1ccc(C(=O)OC)c(F)c1F)C1CCCNC1. The Bertz CT molecular complexity index is 517. The zero-order chi connectivity index (χ0) is 15.4. The zero-order valence-corrected chi connectivity index (χ0v) is 12.3. The Hall–Kier alpha value is -1.69. The lowest BCUT2D eigenvalue weighted by atomic mass is 10.0. The summed E-state index contributed by atoms with van der Waals surface area (Å²) in [4.78, 5) is 13.2. The zero-order valence-electron chi connectivity index (χ0n) is 12.3. The number of likely N-dealkylation sites (N-methyl/N-ethyl adjacent to an activating group) is 1. The molecule has 1 heterocycles. The van der Waals surface area contributed by atoms with Crippen LogP contribution in [0.15, 0.2) is 12.1 Å². The van der Waals surface area contributed by atoms with Crippen LogP contribution in [0.5, 0.6) is 0 Å². The maximum absolute atomic E-state index is 14.3. The topological polar surface area (TPSA) is 41.6 Å². The lowest BCUT2D eigenvalue weighted by molar-refractivity contribution is 0.0594. The third kappa shape index (κ3) is 3.15. The number of nitrogens with one attached hydrogen (secondary N) is 1. The molecule has 1 aliphatic heterocycles. The predicted octanol–water partition coefficient (Wildman–Crippen LogP) is 2.33. The van der Waals surface area contributed by atoms with Crippen molar-refractivity contribution in [1.29, 1.82) is 0 Å². The molecule has 6 heteroatoms. The molecule has 0 radical (unpaired) electrons. The van der Waals surface area contributed by atoms with Crippen molar-refractivity contribution in [3.8, 4) is 0 Å². The Balaban J connectivity index is 2.33. The number of ether oxygens (including phenoxy) is 1. The first-order valence-electron chi connectivity index (χ1n) is 7.13. The first kappa shape index (κ1) is 15.7. The highest BCUT2D eigenvalue weighted by Gasteiger charge is 2.26. The fourth-order valence-electron chi connectivity index (χ4n) is 2.75. The molecule has 1 aliphatic rings. The van der Waals surface area contributed by atoms with Gasteiger partial charge >= 0.3 is 5.97 Å². The number of piperidine rings is 1. The van der Waals surface area contributed by atoms with Crippen molar-refractivity contribution in [2.24, 2.45) is 0 Å². The second kappa shape index (κ2) is 6.85. The number of anilines is 1. The summed E-state index contributed by atoms with van der Waals surface area (Å²) in [6.45, 7) is 4.17. The van der Waals surface area contributed by atoms with Crippen LogP contribution in [0.4, 0.5) is 14.5 Å². The molecule has 1 aromatic carbocycles. The van der Waals surface area contributed by atoms with Gasteiger partial charge in [0.2, 0.25) is 0 Å². The van der Waals surface area contributed by atoms with Gasteiger partial charge in [0.1, 0.15) is 0 Å². The van der Waals surface area contributed by atoms with E-state index in [1.165, 1.54) is 12.1 Å². The largest absolute Gasteiger partial charge is 0.465 e. The minimum absolute atomic E-state index is 0.127. The van der Waals surface area contributed by atoms with Crippen LogP contribution in [0.1, 0.15) is 30.1 Å². The maximum Gasteiger partial charge on any atom is 0.340 e. The standard InChI is InChI=1S/C15H20F2N2O2/c1-3-19(10-5-4-8-18-9-10)12-7-6-11(15(20)21-2)13(16)14(12)17/h6-7,10,18H,3-5,8-9H2,1-2H3. The van der Waals surface area contributed by atoms with Gasteiger partial charge in [-0.2, -0.15) is 0 Å². The summed E-state index contributed by atoms with van der Waals surface area (Å²) in [6.07, 6.45) is 1.94. The third-order valence-electron chi connectivity index (χ3n) is 3.83. The summed E-state index contributed by atoms with van der Waals surface area (Å²) in [5, 5.41) is 3.26. The Morgan fingerprint density at radius 1 is 1.43 bits per heavy atom. The number of nitrogens with zero attached hydrogens (tertiary/aromatic N) is 1. The number of methoxy groups -OCH3 is 1. The first-order valence-corrected chi connectivity index (χ1v) is 7.13. The number of carbonyl (C=O) groups excluding carboxylic acids is 1. The lowest BCUT2D eigenvalue weighted by Crippen LogP contribution is -2.46. The van der Waals surface area contributed by atoms with E-state index in [0.717, 1.165) is 33.0 Å². The van der Waals surface area contributed by atoms with Gasteiger partial charge in [-0.05, 0) is 38.4 Å². The van der Waals surface area contributed by atoms with Crippen molar-refractivity contribution >= 4 is 11.7 Å².